The standard InChI is InChI=1S/C19H25FN4O3.HI/c1-24(2)18(25)13-23-19(21-7-6-16-5-4-8-27-16)22-12-14-9-15(20)11-17(10-14)26-3;/h4-5,8-11H,6-7,12-13H2,1-3H3,(H2,21,22,23);1H. The molecule has 0 aliphatic carbocycles. The number of nitrogens with one attached hydrogen (secondary N) is 2. The molecule has 1 aromatic carbocycles. The van der Waals surface area contributed by atoms with Crippen molar-refractivity contribution in [1.82, 2.24) is 15.5 Å². The van der Waals surface area contributed by atoms with E-state index in [4.69, 9.17) is 9.15 Å². The Morgan fingerprint density at radius 3 is 2.71 bits per heavy atom. The molecule has 0 spiro atoms. The lowest BCUT2D eigenvalue weighted by Gasteiger charge is -2.15. The number of aliphatic imine (C=N–C) groups is 1. The van der Waals surface area contributed by atoms with Crippen molar-refractivity contribution in [1.29, 1.82) is 0 Å². The summed E-state index contributed by atoms with van der Waals surface area (Å²) in [5.74, 6) is 1.27. The number of carbonyl (C=O) groups is 1. The number of halogens is 2. The average Bonchev–Trinajstić information content (AvgIpc) is 3.16. The topological polar surface area (TPSA) is 79.1 Å². The minimum absolute atomic E-state index is 0. The highest BCUT2D eigenvalue weighted by atomic mass is 127. The van der Waals surface area contributed by atoms with Crippen LogP contribution in [0.1, 0.15) is 11.3 Å². The van der Waals surface area contributed by atoms with Gasteiger partial charge in [-0.3, -0.25) is 4.79 Å². The first-order chi connectivity index (χ1) is 13.0. The Bertz CT molecular complexity index is 767. The molecule has 0 radical (unpaired) electrons. The van der Waals surface area contributed by atoms with Gasteiger partial charge >= 0.3 is 0 Å². The van der Waals surface area contributed by atoms with Crippen LogP contribution in [0.2, 0.25) is 0 Å². The van der Waals surface area contributed by atoms with Crippen LogP contribution in [0.4, 0.5) is 4.39 Å². The number of likely N-dealkylation sites (N-methyl/N-ethyl adjacent to an activating group) is 1. The van der Waals surface area contributed by atoms with E-state index in [9.17, 15) is 9.18 Å². The summed E-state index contributed by atoms with van der Waals surface area (Å²) in [6, 6.07) is 8.15. The van der Waals surface area contributed by atoms with Crippen molar-refractivity contribution in [3.8, 4) is 5.75 Å². The fourth-order valence-electron chi connectivity index (χ4n) is 2.25. The molecule has 1 heterocycles. The number of rotatable bonds is 8. The average molecular weight is 504 g/mol. The van der Waals surface area contributed by atoms with Gasteiger partial charge in [0.1, 0.15) is 17.3 Å². The van der Waals surface area contributed by atoms with E-state index in [2.05, 4.69) is 15.6 Å². The fraction of sp³-hybridized carbons (Fsp3) is 0.368. The molecule has 0 unspecified atom stereocenters. The SMILES string of the molecule is COc1cc(F)cc(CN=C(NCCc2ccco2)NCC(=O)N(C)C)c1.I. The summed E-state index contributed by atoms with van der Waals surface area (Å²) in [5.41, 5.74) is 0.665. The number of furan rings is 1. The van der Waals surface area contributed by atoms with Crippen molar-refractivity contribution in [3.63, 3.8) is 0 Å². The van der Waals surface area contributed by atoms with Gasteiger partial charge in [0, 0.05) is 33.1 Å². The first-order valence-corrected chi connectivity index (χ1v) is 8.56. The second-order valence-corrected chi connectivity index (χ2v) is 6.06. The predicted molar refractivity (Wildman–Crippen MR) is 117 cm³/mol. The van der Waals surface area contributed by atoms with Crippen LogP contribution >= 0.6 is 24.0 Å². The molecule has 7 nitrogen and oxygen atoms in total. The first-order valence-electron chi connectivity index (χ1n) is 8.56. The highest BCUT2D eigenvalue weighted by molar-refractivity contribution is 14.0. The Hall–Kier alpha value is -2.30. The van der Waals surface area contributed by atoms with E-state index in [1.54, 1.807) is 26.4 Å². The van der Waals surface area contributed by atoms with Gasteiger partial charge in [-0.2, -0.15) is 0 Å². The summed E-state index contributed by atoms with van der Waals surface area (Å²) in [6.07, 6.45) is 2.29. The van der Waals surface area contributed by atoms with Gasteiger partial charge in [0.05, 0.1) is 26.5 Å². The maximum Gasteiger partial charge on any atom is 0.241 e. The number of hydrogen-bond donors (Lipinski definition) is 2. The quantitative estimate of drug-likeness (QED) is 0.328. The van der Waals surface area contributed by atoms with E-state index in [1.807, 2.05) is 12.1 Å². The van der Waals surface area contributed by atoms with Crippen molar-refractivity contribution >= 4 is 35.8 Å². The maximum absolute atomic E-state index is 13.6. The Morgan fingerprint density at radius 2 is 2.07 bits per heavy atom. The molecule has 1 amide bonds. The van der Waals surface area contributed by atoms with Crippen molar-refractivity contribution in [2.75, 3.05) is 34.3 Å². The van der Waals surface area contributed by atoms with Crippen LogP contribution in [0, 0.1) is 5.82 Å². The number of nitrogens with zero attached hydrogens (tertiary/aromatic N) is 2. The van der Waals surface area contributed by atoms with E-state index in [0.29, 0.717) is 30.2 Å². The minimum atomic E-state index is -0.386. The van der Waals surface area contributed by atoms with Crippen LogP contribution in [0.25, 0.3) is 0 Å². The van der Waals surface area contributed by atoms with Gasteiger partial charge in [-0.25, -0.2) is 9.38 Å². The predicted octanol–water partition coefficient (Wildman–Crippen LogP) is 2.41. The molecular formula is C19H26FIN4O3. The molecule has 154 valence electrons. The van der Waals surface area contributed by atoms with E-state index in [-0.39, 0.29) is 48.8 Å². The van der Waals surface area contributed by atoms with Gasteiger partial charge in [0.25, 0.3) is 0 Å². The summed E-state index contributed by atoms with van der Waals surface area (Å²) in [6.45, 7) is 0.911. The van der Waals surface area contributed by atoms with Crippen LogP contribution in [0.5, 0.6) is 5.75 Å². The number of amides is 1. The van der Waals surface area contributed by atoms with Gasteiger partial charge < -0.3 is 24.7 Å². The molecule has 0 atom stereocenters. The van der Waals surface area contributed by atoms with Crippen LogP contribution < -0.4 is 15.4 Å². The third-order valence-electron chi connectivity index (χ3n) is 3.74. The number of ether oxygens (including phenoxy) is 1. The van der Waals surface area contributed by atoms with Crippen molar-refractivity contribution < 1.29 is 18.3 Å². The molecule has 0 aliphatic rings. The molecule has 28 heavy (non-hydrogen) atoms. The molecule has 2 rings (SSSR count). The lowest BCUT2D eigenvalue weighted by molar-refractivity contribution is -0.127. The van der Waals surface area contributed by atoms with Gasteiger partial charge in [-0.15, -0.1) is 24.0 Å². The lowest BCUT2D eigenvalue weighted by Crippen LogP contribution is -2.43. The fourth-order valence-corrected chi connectivity index (χ4v) is 2.25. The third kappa shape index (κ3) is 8.15. The number of hydrogen-bond acceptors (Lipinski definition) is 4. The summed E-state index contributed by atoms with van der Waals surface area (Å²) in [7, 11) is 4.85. The smallest absolute Gasteiger partial charge is 0.241 e. The Morgan fingerprint density at radius 1 is 1.29 bits per heavy atom. The van der Waals surface area contributed by atoms with Crippen LogP contribution in [0.3, 0.4) is 0 Å². The molecule has 0 fully saturated rings. The van der Waals surface area contributed by atoms with E-state index in [0.717, 1.165) is 5.76 Å². The van der Waals surface area contributed by atoms with E-state index < -0.39 is 0 Å². The Kier molecular flexibility index (Phi) is 10.4. The monoisotopic (exact) mass is 504 g/mol. The van der Waals surface area contributed by atoms with Gasteiger partial charge in [-0.1, -0.05) is 0 Å². The van der Waals surface area contributed by atoms with Gasteiger partial charge in [-0.05, 0) is 29.8 Å². The number of carbonyl (C=O) groups excluding carboxylic acids is 1. The number of benzene rings is 1. The summed E-state index contributed by atoms with van der Waals surface area (Å²) in [5, 5.41) is 6.14. The van der Waals surface area contributed by atoms with Gasteiger partial charge in [0.2, 0.25) is 5.91 Å². The molecule has 0 saturated heterocycles. The summed E-state index contributed by atoms with van der Waals surface area (Å²) in [4.78, 5) is 17.7. The highest BCUT2D eigenvalue weighted by Crippen LogP contribution is 2.16. The van der Waals surface area contributed by atoms with Crippen molar-refractivity contribution in [2.45, 2.75) is 13.0 Å². The Balaban J connectivity index is 0.00000392. The minimum Gasteiger partial charge on any atom is -0.497 e. The van der Waals surface area contributed by atoms with E-state index >= 15 is 0 Å². The molecule has 1 aromatic heterocycles. The lowest BCUT2D eigenvalue weighted by atomic mass is 10.2. The van der Waals surface area contributed by atoms with Crippen LogP contribution in [-0.2, 0) is 17.8 Å². The molecule has 2 aromatic rings. The van der Waals surface area contributed by atoms with Gasteiger partial charge in [0.15, 0.2) is 5.96 Å². The molecule has 0 bridgehead atoms. The first kappa shape index (κ1) is 23.7. The Labute approximate surface area is 181 Å². The zero-order chi connectivity index (χ0) is 19.6. The zero-order valence-electron chi connectivity index (χ0n) is 16.2. The summed E-state index contributed by atoms with van der Waals surface area (Å²) < 4.78 is 24.0. The maximum atomic E-state index is 13.6. The normalized spacial score (nSPS) is 10.8. The second kappa shape index (κ2) is 12.2. The highest BCUT2D eigenvalue weighted by Gasteiger charge is 2.07. The second-order valence-electron chi connectivity index (χ2n) is 6.06. The van der Waals surface area contributed by atoms with Crippen molar-refractivity contribution in [3.05, 3.63) is 53.7 Å². The number of methoxy groups -OCH3 is 1. The molecule has 0 saturated carbocycles. The van der Waals surface area contributed by atoms with E-state index in [1.165, 1.54) is 24.1 Å². The zero-order valence-corrected chi connectivity index (χ0v) is 18.5. The van der Waals surface area contributed by atoms with Crippen LogP contribution in [-0.4, -0.2) is 51.1 Å². The largest absolute Gasteiger partial charge is 0.497 e. The molecule has 0 aliphatic heterocycles. The van der Waals surface area contributed by atoms with Crippen LogP contribution in [0.15, 0.2) is 46.0 Å². The third-order valence-corrected chi connectivity index (χ3v) is 3.74. The molecule has 9 heteroatoms. The van der Waals surface area contributed by atoms with Crippen molar-refractivity contribution in [2.24, 2.45) is 4.99 Å². The molecule has 2 N–H and O–H groups in total. The summed E-state index contributed by atoms with van der Waals surface area (Å²) >= 11 is 0. The number of guanidine groups is 1. The molecular weight excluding hydrogens is 478 g/mol.